The van der Waals surface area contributed by atoms with Crippen LogP contribution in [0.5, 0.6) is 0 Å². The minimum atomic E-state index is -0.535. The Labute approximate surface area is 134 Å². The van der Waals surface area contributed by atoms with Crippen LogP contribution >= 0.6 is 0 Å². The third-order valence-corrected chi connectivity index (χ3v) is 5.44. The van der Waals surface area contributed by atoms with Gasteiger partial charge >= 0.3 is 0 Å². The number of aliphatic hydroxyl groups excluding tert-OH is 2. The molecule has 0 saturated carbocycles. The number of rotatable bonds is 3. The van der Waals surface area contributed by atoms with Crippen molar-refractivity contribution in [3.63, 3.8) is 0 Å². The molecule has 2 rings (SSSR count). The molecule has 122 valence electrons. The Bertz CT molecular complexity index is 506. The molecular formula is C20H30O2. The maximum absolute atomic E-state index is 10.7. The summed E-state index contributed by atoms with van der Waals surface area (Å²) in [5.41, 5.74) is 1.54. The molecule has 0 bridgehead atoms. The van der Waals surface area contributed by atoms with E-state index < -0.39 is 23.0 Å². The van der Waals surface area contributed by atoms with Crippen LogP contribution < -0.4 is 0 Å². The first kappa shape index (κ1) is 17.2. The summed E-state index contributed by atoms with van der Waals surface area (Å²) >= 11 is 0. The number of allylic oxidation sites excluding steroid dienone is 4. The molecule has 0 radical (unpaired) electrons. The standard InChI is InChI=1S/C20H30O2/c1-13(2)18(19(5)11-14(3)7-9-16(19)21)20(6)12-15(4)8-10-17(20)22/h7-13,16-18,21-22H,1-6H3. The van der Waals surface area contributed by atoms with Crippen LogP contribution in [-0.2, 0) is 0 Å². The van der Waals surface area contributed by atoms with Crippen LogP contribution in [0.25, 0.3) is 0 Å². The Morgan fingerprint density at radius 1 is 0.864 bits per heavy atom. The van der Waals surface area contributed by atoms with Crippen LogP contribution in [0, 0.1) is 22.7 Å². The predicted octanol–water partition coefficient (Wildman–Crippen LogP) is 4.03. The quantitative estimate of drug-likeness (QED) is 0.826. The van der Waals surface area contributed by atoms with Crippen LogP contribution in [0.4, 0.5) is 0 Å². The Hall–Kier alpha value is -1.12. The fourth-order valence-electron chi connectivity index (χ4n) is 4.80. The van der Waals surface area contributed by atoms with Gasteiger partial charge in [0, 0.05) is 10.8 Å². The topological polar surface area (TPSA) is 40.5 Å². The van der Waals surface area contributed by atoms with Crippen LogP contribution in [0.2, 0.25) is 0 Å². The first-order valence-electron chi connectivity index (χ1n) is 8.22. The summed E-state index contributed by atoms with van der Waals surface area (Å²) in [5.74, 6) is 0.440. The Balaban J connectivity index is 2.56. The predicted molar refractivity (Wildman–Crippen MR) is 92.3 cm³/mol. The summed E-state index contributed by atoms with van der Waals surface area (Å²) in [7, 11) is 0. The molecule has 2 aliphatic carbocycles. The average Bonchev–Trinajstić information content (AvgIpc) is 2.38. The molecule has 4 unspecified atom stereocenters. The lowest BCUT2D eigenvalue weighted by Gasteiger charge is -2.52. The van der Waals surface area contributed by atoms with E-state index in [1.807, 2.05) is 24.3 Å². The largest absolute Gasteiger partial charge is 0.388 e. The van der Waals surface area contributed by atoms with Gasteiger partial charge in [-0.25, -0.2) is 0 Å². The lowest BCUT2D eigenvalue weighted by atomic mass is 9.53. The van der Waals surface area contributed by atoms with Gasteiger partial charge in [-0.05, 0) is 25.7 Å². The molecule has 2 aliphatic rings. The summed E-state index contributed by atoms with van der Waals surface area (Å²) in [6.45, 7) is 12.7. The first-order valence-corrected chi connectivity index (χ1v) is 8.22. The van der Waals surface area contributed by atoms with E-state index in [0.29, 0.717) is 5.92 Å². The van der Waals surface area contributed by atoms with Crippen molar-refractivity contribution in [2.24, 2.45) is 22.7 Å². The Morgan fingerprint density at radius 3 is 1.55 bits per heavy atom. The van der Waals surface area contributed by atoms with Gasteiger partial charge in [-0.1, -0.05) is 75.3 Å². The van der Waals surface area contributed by atoms with Crippen molar-refractivity contribution < 1.29 is 10.2 Å². The highest BCUT2D eigenvalue weighted by atomic mass is 16.3. The normalized spacial score (nSPS) is 39.7. The van der Waals surface area contributed by atoms with Crippen LogP contribution in [0.3, 0.4) is 0 Å². The van der Waals surface area contributed by atoms with Gasteiger partial charge in [0.1, 0.15) is 0 Å². The van der Waals surface area contributed by atoms with Crippen LogP contribution in [0.1, 0.15) is 41.5 Å². The molecule has 0 aromatic heterocycles. The fraction of sp³-hybridized carbons (Fsp3) is 0.600. The molecule has 0 saturated heterocycles. The summed E-state index contributed by atoms with van der Waals surface area (Å²) < 4.78 is 0. The van der Waals surface area contributed by atoms with Gasteiger partial charge in [-0.15, -0.1) is 0 Å². The molecule has 0 heterocycles. The van der Waals surface area contributed by atoms with E-state index in [9.17, 15) is 10.2 Å². The fourth-order valence-corrected chi connectivity index (χ4v) is 4.80. The highest BCUT2D eigenvalue weighted by Gasteiger charge is 2.52. The van der Waals surface area contributed by atoms with Crippen molar-refractivity contribution in [2.75, 3.05) is 0 Å². The highest BCUT2D eigenvalue weighted by Crippen LogP contribution is 2.53. The van der Waals surface area contributed by atoms with E-state index in [4.69, 9.17) is 0 Å². The van der Waals surface area contributed by atoms with Crippen LogP contribution in [-0.4, -0.2) is 22.4 Å². The molecule has 0 aromatic carbocycles. The van der Waals surface area contributed by atoms with Gasteiger partial charge in [0.25, 0.3) is 0 Å². The second-order valence-electron chi connectivity index (χ2n) is 7.84. The molecule has 0 aliphatic heterocycles. The van der Waals surface area contributed by atoms with Crippen molar-refractivity contribution in [2.45, 2.75) is 53.8 Å². The SMILES string of the molecule is CC1=CC(C)(C(C(C)C)C2(C)C=C(C)C=CC2O)C(O)C=C1. The minimum Gasteiger partial charge on any atom is -0.388 e. The lowest BCUT2D eigenvalue weighted by Crippen LogP contribution is -2.52. The van der Waals surface area contributed by atoms with E-state index in [2.05, 4.69) is 53.7 Å². The number of hydrogen-bond donors (Lipinski definition) is 2. The zero-order valence-electron chi connectivity index (χ0n) is 14.7. The molecule has 4 atom stereocenters. The molecule has 0 fully saturated rings. The first-order chi connectivity index (χ1) is 10.1. The second kappa shape index (κ2) is 5.82. The van der Waals surface area contributed by atoms with Gasteiger partial charge < -0.3 is 10.2 Å². The minimum absolute atomic E-state index is 0.116. The van der Waals surface area contributed by atoms with E-state index in [-0.39, 0.29) is 5.92 Å². The lowest BCUT2D eigenvalue weighted by molar-refractivity contribution is -0.0517. The highest BCUT2D eigenvalue weighted by molar-refractivity contribution is 5.34. The molecule has 0 spiro atoms. The van der Waals surface area contributed by atoms with Crippen LogP contribution in [0.15, 0.2) is 47.6 Å². The maximum atomic E-state index is 10.7. The van der Waals surface area contributed by atoms with Crippen molar-refractivity contribution >= 4 is 0 Å². The summed E-state index contributed by atoms with van der Waals surface area (Å²) in [5, 5.41) is 21.4. The number of hydrogen-bond acceptors (Lipinski definition) is 2. The van der Waals surface area contributed by atoms with Crippen molar-refractivity contribution in [3.05, 3.63) is 47.6 Å². The third-order valence-electron chi connectivity index (χ3n) is 5.44. The van der Waals surface area contributed by atoms with E-state index in [0.717, 1.165) is 0 Å². The van der Waals surface area contributed by atoms with Crippen molar-refractivity contribution in [1.29, 1.82) is 0 Å². The van der Waals surface area contributed by atoms with E-state index in [1.54, 1.807) is 0 Å². The molecule has 22 heavy (non-hydrogen) atoms. The second-order valence-corrected chi connectivity index (χ2v) is 7.84. The molecule has 2 heteroatoms. The van der Waals surface area contributed by atoms with Crippen molar-refractivity contribution in [1.82, 2.24) is 0 Å². The van der Waals surface area contributed by atoms with Gasteiger partial charge in [0.2, 0.25) is 0 Å². The molecule has 2 N–H and O–H groups in total. The molecule has 0 amide bonds. The van der Waals surface area contributed by atoms with Gasteiger partial charge in [0.15, 0.2) is 0 Å². The Kier molecular flexibility index (Phi) is 4.56. The van der Waals surface area contributed by atoms with Gasteiger partial charge in [0.05, 0.1) is 12.2 Å². The third kappa shape index (κ3) is 2.75. The maximum Gasteiger partial charge on any atom is 0.0815 e. The average molecular weight is 302 g/mol. The molecular weight excluding hydrogens is 272 g/mol. The Morgan fingerprint density at radius 2 is 1.23 bits per heavy atom. The summed E-state index contributed by atoms with van der Waals surface area (Å²) in [6, 6.07) is 0. The van der Waals surface area contributed by atoms with Gasteiger partial charge in [-0.3, -0.25) is 0 Å². The zero-order valence-corrected chi connectivity index (χ0v) is 14.7. The van der Waals surface area contributed by atoms with E-state index >= 15 is 0 Å². The molecule has 0 aromatic rings. The molecule has 2 nitrogen and oxygen atoms in total. The monoisotopic (exact) mass is 302 g/mol. The van der Waals surface area contributed by atoms with Crippen molar-refractivity contribution in [3.8, 4) is 0 Å². The summed E-state index contributed by atoms with van der Waals surface area (Å²) in [6.07, 6.45) is 11.0. The number of aliphatic hydroxyl groups is 2. The van der Waals surface area contributed by atoms with Gasteiger partial charge in [-0.2, -0.15) is 0 Å². The zero-order chi connectivity index (χ0) is 16.7. The summed E-state index contributed by atoms with van der Waals surface area (Å²) in [4.78, 5) is 0. The smallest absolute Gasteiger partial charge is 0.0815 e. The van der Waals surface area contributed by atoms with E-state index in [1.165, 1.54) is 11.1 Å².